The number of ether oxygens (including phenoxy) is 1. The van der Waals surface area contributed by atoms with E-state index in [1.807, 2.05) is 0 Å². The molecule has 1 heterocycles. The Morgan fingerprint density at radius 1 is 1.55 bits per heavy atom. The van der Waals surface area contributed by atoms with Crippen LogP contribution in [-0.4, -0.2) is 36.9 Å². The minimum atomic E-state index is -0.511. The summed E-state index contributed by atoms with van der Waals surface area (Å²) in [7, 11) is 0. The Morgan fingerprint density at radius 2 is 2.35 bits per heavy atom. The van der Waals surface area contributed by atoms with Gasteiger partial charge >= 0.3 is 6.03 Å². The van der Waals surface area contributed by atoms with Crippen LogP contribution in [0.3, 0.4) is 0 Å². The number of rotatable bonds is 4. The van der Waals surface area contributed by atoms with Gasteiger partial charge in [-0.15, -0.1) is 0 Å². The molecule has 110 valence electrons. The molecule has 2 atom stereocenters. The van der Waals surface area contributed by atoms with Crippen molar-refractivity contribution in [1.29, 1.82) is 0 Å². The molecule has 2 unspecified atom stereocenters. The lowest BCUT2D eigenvalue weighted by Gasteiger charge is -2.20. The van der Waals surface area contributed by atoms with Crippen LogP contribution in [0.25, 0.3) is 0 Å². The number of aliphatic hydroxyl groups excluding tert-OH is 1. The van der Waals surface area contributed by atoms with Gasteiger partial charge < -0.3 is 20.5 Å². The maximum atomic E-state index is 13.5. The Balaban J connectivity index is 2.03. The highest BCUT2D eigenvalue weighted by atomic mass is 35.5. The zero-order valence-electron chi connectivity index (χ0n) is 10.7. The van der Waals surface area contributed by atoms with E-state index in [9.17, 15) is 9.18 Å². The highest BCUT2D eigenvalue weighted by molar-refractivity contribution is 6.30. The first-order chi connectivity index (χ1) is 9.61. The third-order valence-corrected chi connectivity index (χ3v) is 3.38. The van der Waals surface area contributed by atoms with Gasteiger partial charge in [0.15, 0.2) is 0 Å². The van der Waals surface area contributed by atoms with E-state index in [1.165, 1.54) is 12.1 Å². The summed E-state index contributed by atoms with van der Waals surface area (Å²) in [4.78, 5) is 11.6. The van der Waals surface area contributed by atoms with Crippen molar-refractivity contribution in [2.24, 2.45) is 0 Å². The van der Waals surface area contributed by atoms with Crippen molar-refractivity contribution in [1.82, 2.24) is 10.6 Å². The molecular formula is C13H16ClFN2O3. The lowest BCUT2D eigenvalue weighted by molar-refractivity contribution is 0.0996. The summed E-state index contributed by atoms with van der Waals surface area (Å²) in [5, 5.41) is 13.9. The summed E-state index contributed by atoms with van der Waals surface area (Å²) in [6.07, 6.45) is 0.239. The Hall–Kier alpha value is -1.37. The highest BCUT2D eigenvalue weighted by Gasteiger charge is 2.31. The molecule has 20 heavy (non-hydrogen) atoms. The monoisotopic (exact) mass is 302 g/mol. The number of amides is 2. The van der Waals surface area contributed by atoms with Gasteiger partial charge in [-0.25, -0.2) is 9.18 Å². The number of aliphatic hydroxyl groups is 1. The maximum absolute atomic E-state index is 13.5. The molecule has 2 amide bonds. The molecule has 0 bridgehead atoms. The quantitative estimate of drug-likeness (QED) is 0.791. The van der Waals surface area contributed by atoms with E-state index in [2.05, 4.69) is 10.6 Å². The van der Waals surface area contributed by atoms with E-state index >= 15 is 0 Å². The van der Waals surface area contributed by atoms with Gasteiger partial charge in [-0.3, -0.25) is 0 Å². The van der Waals surface area contributed by atoms with Crippen LogP contribution in [0.1, 0.15) is 18.1 Å². The van der Waals surface area contributed by atoms with E-state index in [0.29, 0.717) is 18.6 Å². The van der Waals surface area contributed by atoms with E-state index < -0.39 is 11.9 Å². The molecule has 1 fully saturated rings. The van der Waals surface area contributed by atoms with Crippen LogP contribution in [0.2, 0.25) is 5.02 Å². The second-order valence-corrected chi connectivity index (χ2v) is 4.89. The standard InChI is InChI=1S/C13H16ClFN2O3/c14-9-2-1-8(7-10(9)15)12-11(3-6-20-12)17-13(19)16-4-5-18/h1-2,7,11-12,18H,3-6H2,(H2,16,17,19). The zero-order valence-corrected chi connectivity index (χ0v) is 11.5. The Kier molecular flexibility index (Phi) is 5.17. The summed E-state index contributed by atoms with van der Waals surface area (Å²) in [5.74, 6) is -0.511. The van der Waals surface area contributed by atoms with E-state index in [4.69, 9.17) is 21.4 Å². The molecule has 1 aromatic rings. The van der Waals surface area contributed by atoms with Crippen molar-refractivity contribution in [2.45, 2.75) is 18.6 Å². The van der Waals surface area contributed by atoms with Crippen LogP contribution in [0.4, 0.5) is 9.18 Å². The number of carbonyl (C=O) groups excluding carboxylic acids is 1. The van der Waals surface area contributed by atoms with Crippen LogP contribution < -0.4 is 10.6 Å². The molecule has 0 saturated carbocycles. The van der Waals surface area contributed by atoms with Crippen LogP contribution in [-0.2, 0) is 4.74 Å². The van der Waals surface area contributed by atoms with E-state index in [1.54, 1.807) is 6.07 Å². The van der Waals surface area contributed by atoms with Crippen molar-refractivity contribution in [3.63, 3.8) is 0 Å². The van der Waals surface area contributed by atoms with Gasteiger partial charge in [-0.1, -0.05) is 17.7 Å². The number of benzene rings is 1. The number of carbonyl (C=O) groups is 1. The predicted molar refractivity (Wildman–Crippen MR) is 72.1 cm³/mol. The first kappa shape index (κ1) is 15.0. The maximum Gasteiger partial charge on any atom is 0.315 e. The number of halogens is 2. The van der Waals surface area contributed by atoms with Crippen molar-refractivity contribution >= 4 is 17.6 Å². The van der Waals surface area contributed by atoms with Gasteiger partial charge in [-0.05, 0) is 24.1 Å². The third kappa shape index (κ3) is 3.59. The minimum absolute atomic E-state index is 0.0527. The van der Waals surface area contributed by atoms with Crippen molar-refractivity contribution in [2.75, 3.05) is 19.8 Å². The Bertz CT molecular complexity index is 487. The first-order valence-corrected chi connectivity index (χ1v) is 6.71. The van der Waals surface area contributed by atoms with Gasteiger partial charge in [0.1, 0.15) is 11.9 Å². The lowest BCUT2D eigenvalue weighted by Crippen LogP contribution is -2.44. The van der Waals surface area contributed by atoms with Gasteiger partial charge in [0.2, 0.25) is 0 Å². The molecule has 0 aromatic heterocycles. The number of hydrogen-bond donors (Lipinski definition) is 3. The fourth-order valence-electron chi connectivity index (χ4n) is 2.14. The Morgan fingerprint density at radius 3 is 3.05 bits per heavy atom. The minimum Gasteiger partial charge on any atom is -0.395 e. The molecule has 2 rings (SSSR count). The van der Waals surface area contributed by atoms with Crippen LogP contribution in [0.5, 0.6) is 0 Å². The van der Waals surface area contributed by atoms with Gasteiger partial charge in [0, 0.05) is 13.2 Å². The SMILES string of the molecule is O=C(NCCO)NC1CCOC1c1ccc(Cl)c(F)c1. The lowest BCUT2D eigenvalue weighted by atomic mass is 10.0. The molecule has 5 nitrogen and oxygen atoms in total. The molecule has 1 aromatic carbocycles. The normalized spacial score (nSPS) is 21.8. The fraction of sp³-hybridized carbons (Fsp3) is 0.462. The molecule has 3 N–H and O–H groups in total. The first-order valence-electron chi connectivity index (χ1n) is 6.33. The second kappa shape index (κ2) is 6.88. The highest BCUT2D eigenvalue weighted by Crippen LogP contribution is 2.30. The largest absolute Gasteiger partial charge is 0.395 e. The molecule has 1 saturated heterocycles. The molecule has 1 aliphatic heterocycles. The van der Waals surface area contributed by atoms with Crippen molar-refractivity contribution in [3.8, 4) is 0 Å². The third-order valence-electron chi connectivity index (χ3n) is 3.08. The number of nitrogens with one attached hydrogen (secondary N) is 2. The summed E-state index contributed by atoms with van der Waals surface area (Å²) in [6.45, 7) is 0.542. The molecular weight excluding hydrogens is 287 g/mol. The van der Waals surface area contributed by atoms with Crippen molar-refractivity contribution in [3.05, 3.63) is 34.6 Å². The summed E-state index contributed by atoms with van der Waals surface area (Å²) in [5.41, 5.74) is 0.636. The second-order valence-electron chi connectivity index (χ2n) is 4.48. The van der Waals surface area contributed by atoms with Gasteiger partial charge in [0.25, 0.3) is 0 Å². The zero-order chi connectivity index (χ0) is 14.5. The average molecular weight is 303 g/mol. The summed E-state index contributed by atoms with van der Waals surface area (Å²) >= 11 is 5.65. The summed E-state index contributed by atoms with van der Waals surface area (Å²) < 4.78 is 19.0. The molecule has 1 aliphatic rings. The van der Waals surface area contributed by atoms with E-state index in [0.717, 1.165) is 0 Å². The van der Waals surface area contributed by atoms with E-state index in [-0.39, 0.29) is 30.2 Å². The van der Waals surface area contributed by atoms with Crippen LogP contribution in [0, 0.1) is 5.82 Å². The fourth-order valence-corrected chi connectivity index (χ4v) is 2.26. The average Bonchev–Trinajstić information content (AvgIpc) is 2.87. The smallest absolute Gasteiger partial charge is 0.315 e. The summed E-state index contributed by atoms with van der Waals surface area (Å²) in [6, 6.07) is 3.85. The van der Waals surface area contributed by atoms with Gasteiger partial charge in [0.05, 0.1) is 17.7 Å². The molecule has 0 spiro atoms. The molecule has 0 radical (unpaired) electrons. The number of hydrogen-bond acceptors (Lipinski definition) is 3. The van der Waals surface area contributed by atoms with Crippen molar-refractivity contribution < 1.29 is 19.0 Å². The van der Waals surface area contributed by atoms with Gasteiger partial charge in [-0.2, -0.15) is 0 Å². The van der Waals surface area contributed by atoms with Crippen LogP contribution >= 0.6 is 11.6 Å². The molecule has 0 aliphatic carbocycles. The topological polar surface area (TPSA) is 70.6 Å². The Labute approximate surface area is 121 Å². The molecule has 7 heteroatoms. The predicted octanol–water partition coefficient (Wildman–Crippen LogP) is 1.60. The number of urea groups is 1. The van der Waals surface area contributed by atoms with Crippen LogP contribution in [0.15, 0.2) is 18.2 Å².